The van der Waals surface area contributed by atoms with E-state index in [9.17, 15) is 0 Å². The van der Waals surface area contributed by atoms with E-state index in [1.807, 2.05) is 12.1 Å². The number of hydrogen-bond donors (Lipinski definition) is 1. The quantitative estimate of drug-likeness (QED) is 0.757. The standard InChI is InChI=1S/C11H18N4/c1-8-5-9(2)7-15(6-8)11-4-3-10(12)13-14-11/h3-4,8-9H,5-7H2,1-2H3,(H2,12,13)/t8-,9-/m0/s1. The van der Waals surface area contributed by atoms with Crippen molar-refractivity contribution < 1.29 is 0 Å². The van der Waals surface area contributed by atoms with Crippen molar-refractivity contribution in [3.05, 3.63) is 12.1 Å². The molecule has 1 aliphatic heterocycles. The third kappa shape index (κ3) is 2.37. The zero-order chi connectivity index (χ0) is 10.8. The molecule has 15 heavy (non-hydrogen) atoms. The van der Waals surface area contributed by atoms with Crippen molar-refractivity contribution in [3.8, 4) is 0 Å². The molecule has 0 aromatic carbocycles. The van der Waals surface area contributed by atoms with Crippen LogP contribution >= 0.6 is 0 Å². The van der Waals surface area contributed by atoms with Crippen LogP contribution < -0.4 is 10.6 Å². The van der Waals surface area contributed by atoms with Crippen LogP contribution in [0.5, 0.6) is 0 Å². The summed E-state index contributed by atoms with van der Waals surface area (Å²) in [5.74, 6) is 2.89. The molecule has 2 atom stereocenters. The van der Waals surface area contributed by atoms with Gasteiger partial charge in [-0.3, -0.25) is 0 Å². The first kappa shape index (κ1) is 10.2. The van der Waals surface area contributed by atoms with Gasteiger partial charge in [-0.05, 0) is 30.4 Å². The molecule has 82 valence electrons. The summed E-state index contributed by atoms with van der Waals surface area (Å²) in [7, 11) is 0. The average Bonchev–Trinajstić information content (AvgIpc) is 2.17. The van der Waals surface area contributed by atoms with E-state index in [2.05, 4.69) is 28.9 Å². The maximum absolute atomic E-state index is 5.52. The number of nitrogens with zero attached hydrogens (tertiary/aromatic N) is 3. The molecular formula is C11H18N4. The van der Waals surface area contributed by atoms with E-state index in [1.165, 1.54) is 6.42 Å². The van der Waals surface area contributed by atoms with E-state index in [-0.39, 0.29) is 0 Å². The van der Waals surface area contributed by atoms with Crippen LogP contribution in [0, 0.1) is 11.8 Å². The van der Waals surface area contributed by atoms with Gasteiger partial charge in [-0.25, -0.2) is 0 Å². The minimum atomic E-state index is 0.483. The van der Waals surface area contributed by atoms with Gasteiger partial charge in [0.05, 0.1) is 0 Å². The highest BCUT2D eigenvalue weighted by Crippen LogP contribution is 2.24. The Labute approximate surface area is 90.5 Å². The molecule has 1 aliphatic rings. The molecule has 1 aromatic rings. The van der Waals surface area contributed by atoms with Gasteiger partial charge in [-0.2, -0.15) is 0 Å². The minimum absolute atomic E-state index is 0.483. The average molecular weight is 206 g/mol. The number of anilines is 2. The molecule has 0 bridgehead atoms. The summed E-state index contributed by atoms with van der Waals surface area (Å²) in [5, 5.41) is 8.01. The van der Waals surface area contributed by atoms with Gasteiger partial charge in [0, 0.05) is 13.1 Å². The third-order valence-corrected chi connectivity index (χ3v) is 2.86. The second-order valence-corrected chi connectivity index (χ2v) is 4.67. The maximum Gasteiger partial charge on any atom is 0.151 e. The number of hydrogen-bond acceptors (Lipinski definition) is 4. The molecule has 1 fully saturated rings. The highest BCUT2D eigenvalue weighted by molar-refractivity contribution is 5.41. The number of aromatic nitrogens is 2. The first-order valence-electron chi connectivity index (χ1n) is 5.49. The van der Waals surface area contributed by atoms with E-state index >= 15 is 0 Å². The Morgan fingerprint density at radius 3 is 2.40 bits per heavy atom. The van der Waals surface area contributed by atoms with Crippen molar-refractivity contribution >= 4 is 11.6 Å². The maximum atomic E-state index is 5.52. The molecule has 0 radical (unpaired) electrons. The molecule has 4 nitrogen and oxygen atoms in total. The van der Waals surface area contributed by atoms with E-state index in [0.717, 1.165) is 30.7 Å². The first-order valence-corrected chi connectivity index (χ1v) is 5.49. The van der Waals surface area contributed by atoms with Gasteiger partial charge < -0.3 is 10.6 Å². The molecule has 0 unspecified atom stereocenters. The smallest absolute Gasteiger partial charge is 0.151 e. The van der Waals surface area contributed by atoms with Crippen molar-refractivity contribution in [2.75, 3.05) is 23.7 Å². The molecule has 0 spiro atoms. The van der Waals surface area contributed by atoms with Crippen molar-refractivity contribution in [2.24, 2.45) is 11.8 Å². The summed E-state index contributed by atoms with van der Waals surface area (Å²) in [4.78, 5) is 2.30. The third-order valence-electron chi connectivity index (χ3n) is 2.86. The summed E-state index contributed by atoms with van der Waals surface area (Å²) >= 11 is 0. The lowest BCUT2D eigenvalue weighted by Gasteiger charge is -2.35. The van der Waals surface area contributed by atoms with Crippen LogP contribution in [0.15, 0.2) is 12.1 Å². The van der Waals surface area contributed by atoms with Crippen LogP contribution in [-0.2, 0) is 0 Å². The fraction of sp³-hybridized carbons (Fsp3) is 0.636. The van der Waals surface area contributed by atoms with Gasteiger partial charge in [0.1, 0.15) is 5.82 Å². The van der Waals surface area contributed by atoms with Crippen LogP contribution in [0.1, 0.15) is 20.3 Å². The van der Waals surface area contributed by atoms with E-state index in [4.69, 9.17) is 5.73 Å². The van der Waals surface area contributed by atoms with Crippen LogP contribution in [0.25, 0.3) is 0 Å². The fourth-order valence-electron chi connectivity index (χ4n) is 2.35. The summed E-state index contributed by atoms with van der Waals surface area (Å²) in [6, 6.07) is 3.76. The molecule has 2 N–H and O–H groups in total. The molecule has 1 saturated heterocycles. The number of nitrogens with two attached hydrogens (primary N) is 1. The predicted octanol–water partition coefficient (Wildman–Crippen LogP) is 1.54. The normalized spacial score (nSPS) is 26.7. The van der Waals surface area contributed by atoms with Crippen LogP contribution in [0.2, 0.25) is 0 Å². The lowest BCUT2D eigenvalue weighted by Crippen LogP contribution is -2.39. The summed E-state index contributed by atoms with van der Waals surface area (Å²) in [5.41, 5.74) is 5.52. The molecule has 2 rings (SSSR count). The van der Waals surface area contributed by atoms with Crippen LogP contribution in [0.3, 0.4) is 0 Å². The number of piperidine rings is 1. The van der Waals surface area contributed by atoms with Gasteiger partial charge in [-0.1, -0.05) is 13.8 Å². The summed E-state index contributed by atoms with van der Waals surface area (Å²) in [6.45, 7) is 6.71. The topological polar surface area (TPSA) is 55.0 Å². The van der Waals surface area contributed by atoms with Gasteiger partial charge >= 0.3 is 0 Å². The molecule has 1 aromatic heterocycles. The Balaban J connectivity index is 2.12. The zero-order valence-electron chi connectivity index (χ0n) is 9.35. The fourth-order valence-corrected chi connectivity index (χ4v) is 2.35. The van der Waals surface area contributed by atoms with E-state index in [0.29, 0.717) is 5.82 Å². The summed E-state index contributed by atoms with van der Waals surface area (Å²) < 4.78 is 0. The molecular weight excluding hydrogens is 188 g/mol. The molecule has 0 saturated carbocycles. The number of rotatable bonds is 1. The Morgan fingerprint density at radius 1 is 1.20 bits per heavy atom. The lowest BCUT2D eigenvalue weighted by atomic mass is 9.92. The Bertz CT molecular complexity index is 312. The van der Waals surface area contributed by atoms with Gasteiger partial charge in [0.25, 0.3) is 0 Å². The highest BCUT2D eigenvalue weighted by atomic mass is 15.3. The van der Waals surface area contributed by atoms with Gasteiger partial charge in [-0.15, -0.1) is 10.2 Å². The highest BCUT2D eigenvalue weighted by Gasteiger charge is 2.22. The van der Waals surface area contributed by atoms with E-state index in [1.54, 1.807) is 0 Å². The Kier molecular flexibility index (Phi) is 2.75. The van der Waals surface area contributed by atoms with Crippen molar-refractivity contribution in [3.63, 3.8) is 0 Å². The monoisotopic (exact) mass is 206 g/mol. The summed E-state index contributed by atoms with van der Waals surface area (Å²) in [6.07, 6.45) is 1.30. The van der Waals surface area contributed by atoms with Crippen LogP contribution in [-0.4, -0.2) is 23.3 Å². The SMILES string of the molecule is C[C@H]1C[C@H](C)CN(c2ccc(N)nn2)C1. The lowest BCUT2D eigenvalue weighted by molar-refractivity contribution is 0.355. The van der Waals surface area contributed by atoms with E-state index < -0.39 is 0 Å². The molecule has 0 aliphatic carbocycles. The first-order chi connectivity index (χ1) is 7.15. The zero-order valence-corrected chi connectivity index (χ0v) is 9.35. The Morgan fingerprint density at radius 2 is 1.87 bits per heavy atom. The van der Waals surface area contributed by atoms with Gasteiger partial charge in [0.15, 0.2) is 5.82 Å². The van der Waals surface area contributed by atoms with Crippen molar-refractivity contribution in [1.82, 2.24) is 10.2 Å². The molecule has 0 amide bonds. The Hall–Kier alpha value is -1.32. The number of nitrogen functional groups attached to an aromatic ring is 1. The van der Waals surface area contributed by atoms with Crippen molar-refractivity contribution in [2.45, 2.75) is 20.3 Å². The minimum Gasteiger partial charge on any atom is -0.382 e. The second kappa shape index (κ2) is 4.04. The molecule has 4 heteroatoms. The largest absolute Gasteiger partial charge is 0.382 e. The second-order valence-electron chi connectivity index (χ2n) is 4.67. The molecule has 2 heterocycles. The van der Waals surface area contributed by atoms with Crippen LogP contribution in [0.4, 0.5) is 11.6 Å². The van der Waals surface area contributed by atoms with Crippen molar-refractivity contribution in [1.29, 1.82) is 0 Å². The van der Waals surface area contributed by atoms with Gasteiger partial charge in [0.2, 0.25) is 0 Å². The predicted molar refractivity (Wildman–Crippen MR) is 61.6 cm³/mol.